The molecule has 1 fully saturated rings. The molecule has 1 saturated heterocycles. The molecule has 1 rings (SSSR count). The molecule has 11 heavy (non-hydrogen) atoms. The Morgan fingerprint density at radius 2 is 2.27 bits per heavy atom. The summed E-state index contributed by atoms with van der Waals surface area (Å²) in [6.07, 6.45) is 0.503. The van der Waals surface area contributed by atoms with Crippen molar-refractivity contribution in [2.75, 3.05) is 24.1 Å². The van der Waals surface area contributed by atoms with Crippen LogP contribution in [0.25, 0.3) is 0 Å². The first kappa shape index (κ1) is 9.70. The molecule has 4 heteroatoms. The Morgan fingerprint density at radius 1 is 1.55 bits per heavy atom. The number of aliphatic hydroxyl groups excluding tert-OH is 2. The Labute approximate surface area is 80.5 Å². The van der Waals surface area contributed by atoms with Crippen LogP contribution in [0.4, 0.5) is 0 Å². The summed E-state index contributed by atoms with van der Waals surface area (Å²) in [6, 6.07) is 0.194. The van der Waals surface area contributed by atoms with Gasteiger partial charge in [0.1, 0.15) is 0 Å². The van der Waals surface area contributed by atoms with E-state index >= 15 is 0 Å². The molecule has 0 amide bonds. The molecule has 0 saturated carbocycles. The standard InChI is InChI=1S/C7H14INO2/c8-1-2-9-4-7(11)3-6(9)5-10/h6-7,10-11H,1-5H2/t6-,7+/m0/s1. The number of rotatable bonds is 3. The predicted octanol–water partition coefficient (Wildman–Crippen LogP) is -0.151. The van der Waals surface area contributed by atoms with Crippen molar-refractivity contribution in [3.63, 3.8) is 0 Å². The number of likely N-dealkylation sites (tertiary alicyclic amines) is 1. The molecule has 66 valence electrons. The smallest absolute Gasteiger partial charge is 0.0683 e. The lowest BCUT2D eigenvalue weighted by atomic mass is 10.2. The van der Waals surface area contributed by atoms with Gasteiger partial charge >= 0.3 is 0 Å². The molecule has 2 N–H and O–H groups in total. The van der Waals surface area contributed by atoms with Crippen molar-refractivity contribution in [2.45, 2.75) is 18.6 Å². The lowest BCUT2D eigenvalue weighted by Gasteiger charge is -2.20. The van der Waals surface area contributed by atoms with E-state index in [-0.39, 0.29) is 18.8 Å². The van der Waals surface area contributed by atoms with Gasteiger partial charge in [-0.3, -0.25) is 4.90 Å². The number of aliphatic hydroxyl groups is 2. The molecule has 0 aliphatic carbocycles. The first-order valence-corrected chi connectivity index (χ1v) is 5.39. The molecule has 0 bridgehead atoms. The van der Waals surface area contributed by atoms with Gasteiger partial charge in [0.15, 0.2) is 0 Å². The average Bonchev–Trinajstić information content (AvgIpc) is 2.32. The third kappa shape index (κ3) is 2.54. The first-order valence-electron chi connectivity index (χ1n) is 3.87. The van der Waals surface area contributed by atoms with E-state index in [0.29, 0.717) is 0 Å². The monoisotopic (exact) mass is 271 g/mol. The van der Waals surface area contributed by atoms with Crippen LogP contribution in [0.2, 0.25) is 0 Å². The lowest BCUT2D eigenvalue weighted by Crippen LogP contribution is -2.33. The third-order valence-corrected chi connectivity index (χ3v) is 2.57. The quantitative estimate of drug-likeness (QED) is 0.554. The van der Waals surface area contributed by atoms with Gasteiger partial charge in [0.25, 0.3) is 0 Å². The molecule has 0 aromatic rings. The maximum Gasteiger partial charge on any atom is 0.0683 e. The highest BCUT2D eigenvalue weighted by molar-refractivity contribution is 14.1. The van der Waals surface area contributed by atoms with E-state index in [1.807, 2.05) is 0 Å². The fourth-order valence-electron chi connectivity index (χ4n) is 1.53. The van der Waals surface area contributed by atoms with Crippen molar-refractivity contribution in [3.8, 4) is 0 Å². The summed E-state index contributed by atoms with van der Waals surface area (Å²) in [5.74, 6) is 0. The Kier molecular flexibility index (Phi) is 4.05. The number of hydrogen-bond donors (Lipinski definition) is 2. The van der Waals surface area contributed by atoms with Gasteiger partial charge in [-0.05, 0) is 6.42 Å². The van der Waals surface area contributed by atoms with E-state index in [0.717, 1.165) is 23.9 Å². The van der Waals surface area contributed by atoms with Gasteiger partial charge in [-0.25, -0.2) is 0 Å². The van der Waals surface area contributed by atoms with Crippen molar-refractivity contribution >= 4 is 22.6 Å². The molecule has 3 nitrogen and oxygen atoms in total. The van der Waals surface area contributed by atoms with Crippen LogP contribution in [0.15, 0.2) is 0 Å². The maximum absolute atomic E-state index is 9.27. The van der Waals surface area contributed by atoms with Crippen LogP contribution < -0.4 is 0 Å². The van der Waals surface area contributed by atoms with Gasteiger partial charge in [-0.15, -0.1) is 0 Å². The molecule has 0 aromatic carbocycles. The van der Waals surface area contributed by atoms with Crippen LogP contribution in [-0.4, -0.2) is 51.4 Å². The SMILES string of the molecule is OC[C@@H]1C[C@@H](O)CN1CCI. The number of halogens is 1. The van der Waals surface area contributed by atoms with E-state index in [2.05, 4.69) is 27.5 Å². The summed E-state index contributed by atoms with van der Waals surface area (Å²) < 4.78 is 1.06. The van der Waals surface area contributed by atoms with Crippen LogP contribution in [0, 0.1) is 0 Å². The van der Waals surface area contributed by atoms with Crippen molar-refractivity contribution in [2.24, 2.45) is 0 Å². The van der Waals surface area contributed by atoms with Crippen LogP contribution in [0.3, 0.4) is 0 Å². The van der Waals surface area contributed by atoms with Crippen molar-refractivity contribution in [3.05, 3.63) is 0 Å². The lowest BCUT2D eigenvalue weighted by molar-refractivity contribution is 0.163. The summed E-state index contributed by atoms with van der Waals surface area (Å²) >= 11 is 2.31. The molecule has 0 spiro atoms. The van der Waals surface area contributed by atoms with E-state index in [4.69, 9.17) is 5.11 Å². The highest BCUT2D eigenvalue weighted by Crippen LogP contribution is 2.16. The normalized spacial score (nSPS) is 33.0. The molecule has 0 unspecified atom stereocenters. The number of β-amino-alcohol motifs (C(OH)–C–C–N with tert-alkyl or cyclic N) is 1. The van der Waals surface area contributed by atoms with Crippen LogP contribution in [0.5, 0.6) is 0 Å². The fraction of sp³-hybridized carbons (Fsp3) is 1.00. The van der Waals surface area contributed by atoms with Crippen molar-refractivity contribution in [1.82, 2.24) is 4.90 Å². The Bertz CT molecular complexity index is 123. The zero-order valence-electron chi connectivity index (χ0n) is 6.41. The second-order valence-electron chi connectivity index (χ2n) is 2.91. The van der Waals surface area contributed by atoms with Crippen molar-refractivity contribution < 1.29 is 10.2 Å². The highest BCUT2D eigenvalue weighted by Gasteiger charge is 2.29. The molecule has 1 aliphatic rings. The maximum atomic E-state index is 9.27. The van der Waals surface area contributed by atoms with Crippen LogP contribution >= 0.6 is 22.6 Å². The Morgan fingerprint density at radius 3 is 2.82 bits per heavy atom. The second kappa shape index (κ2) is 4.59. The molecule has 1 heterocycles. The highest BCUT2D eigenvalue weighted by atomic mass is 127. The summed E-state index contributed by atoms with van der Waals surface area (Å²) in [5.41, 5.74) is 0. The largest absolute Gasteiger partial charge is 0.395 e. The summed E-state index contributed by atoms with van der Waals surface area (Å²) in [5, 5.41) is 18.2. The molecule has 0 radical (unpaired) electrons. The number of alkyl halides is 1. The molecular weight excluding hydrogens is 257 g/mol. The fourth-order valence-corrected chi connectivity index (χ4v) is 2.15. The zero-order chi connectivity index (χ0) is 8.27. The Hall–Kier alpha value is 0.610. The third-order valence-electron chi connectivity index (χ3n) is 2.09. The minimum absolute atomic E-state index is 0.174. The molecular formula is C7H14INO2. The van der Waals surface area contributed by atoms with E-state index in [1.54, 1.807) is 0 Å². The summed E-state index contributed by atoms with van der Waals surface area (Å²) in [7, 11) is 0. The minimum Gasteiger partial charge on any atom is -0.395 e. The van der Waals surface area contributed by atoms with Gasteiger partial charge in [0.2, 0.25) is 0 Å². The summed E-state index contributed by atoms with van der Waals surface area (Å²) in [4.78, 5) is 2.15. The minimum atomic E-state index is -0.227. The van der Waals surface area contributed by atoms with Crippen molar-refractivity contribution in [1.29, 1.82) is 0 Å². The molecule has 2 atom stereocenters. The molecule has 0 aromatic heterocycles. The van der Waals surface area contributed by atoms with E-state index in [9.17, 15) is 5.11 Å². The number of nitrogens with zero attached hydrogens (tertiary/aromatic N) is 1. The predicted molar refractivity (Wildman–Crippen MR) is 52.0 cm³/mol. The summed E-state index contributed by atoms with van der Waals surface area (Å²) in [6.45, 7) is 1.88. The van der Waals surface area contributed by atoms with Gasteiger partial charge in [-0.2, -0.15) is 0 Å². The zero-order valence-corrected chi connectivity index (χ0v) is 8.57. The van der Waals surface area contributed by atoms with E-state index in [1.165, 1.54) is 0 Å². The van der Waals surface area contributed by atoms with Crippen LogP contribution in [0.1, 0.15) is 6.42 Å². The van der Waals surface area contributed by atoms with Crippen LogP contribution in [-0.2, 0) is 0 Å². The van der Waals surface area contributed by atoms with Gasteiger partial charge in [0, 0.05) is 23.6 Å². The van der Waals surface area contributed by atoms with Gasteiger partial charge in [0.05, 0.1) is 12.7 Å². The average molecular weight is 271 g/mol. The van der Waals surface area contributed by atoms with E-state index < -0.39 is 0 Å². The first-order chi connectivity index (χ1) is 5.27. The van der Waals surface area contributed by atoms with Gasteiger partial charge < -0.3 is 10.2 Å². The molecule has 1 aliphatic heterocycles. The topological polar surface area (TPSA) is 43.7 Å². The number of hydrogen-bond acceptors (Lipinski definition) is 3. The van der Waals surface area contributed by atoms with Gasteiger partial charge in [-0.1, -0.05) is 22.6 Å². The second-order valence-corrected chi connectivity index (χ2v) is 3.99. The Balaban J connectivity index is 2.37.